The monoisotopic (exact) mass is 383 g/mol. The zero-order valence-electron chi connectivity index (χ0n) is 10.7. The molecular weight excluding hydrogens is 374 g/mol. The molecule has 108 valence electrons. The van der Waals surface area contributed by atoms with Crippen molar-refractivity contribution in [2.45, 2.75) is 10.8 Å². The van der Waals surface area contributed by atoms with Gasteiger partial charge in [0.1, 0.15) is 6.33 Å². The highest BCUT2D eigenvalue weighted by molar-refractivity contribution is 9.10. The van der Waals surface area contributed by atoms with Gasteiger partial charge < -0.3 is 5.32 Å². The SMILES string of the molecule is O=C(CCSc1nn2cnnc2s1)Nc1ccc(Br)cc1. The Hall–Kier alpha value is -1.45. The van der Waals surface area contributed by atoms with Crippen molar-refractivity contribution in [1.82, 2.24) is 19.8 Å². The van der Waals surface area contributed by atoms with E-state index in [9.17, 15) is 4.79 Å². The van der Waals surface area contributed by atoms with Gasteiger partial charge in [0.05, 0.1) is 0 Å². The Morgan fingerprint density at radius 1 is 1.38 bits per heavy atom. The lowest BCUT2D eigenvalue weighted by Gasteiger charge is -2.04. The summed E-state index contributed by atoms with van der Waals surface area (Å²) in [4.78, 5) is 12.6. The molecule has 0 bridgehead atoms. The number of carbonyl (C=O) groups excluding carboxylic acids is 1. The van der Waals surface area contributed by atoms with Gasteiger partial charge in [0.25, 0.3) is 0 Å². The molecule has 0 unspecified atom stereocenters. The van der Waals surface area contributed by atoms with Crippen LogP contribution in [-0.2, 0) is 4.79 Å². The van der Waals surface area contributed by atoms with Crippen LogP contribution in [0, 0.1) is 0 Å². The maximum Gasteiger partial charge on any atom is 0.235 e. The fourth-order valence-corrected chi connectivity index (χ4v) is 3.72. The average molecular weight is 384 g/mol. The van der Waals surface area contributed by atoms with Gasteiger partial charge >= 0.3 is 0 Å². The number of hydrogen-bond donors (Lipinski definition) is 1. The number of anilines is 1. The number of halogens is 1. The van der Waals surface area contributed by atoms with Crippen molar-refractivity contribution in [3.05, 3.63) is 35.1 Å². The third-order valence-corrected chi connectivity index (χ3v) is 5.13. The highest BCUT2D eigenvalue weighted by atomic mass is 79.9. The second-order valence-corrected chi connectivity index (χ2v) is 7.29. The van der Waals surface area contributed by atoms with Crippen molar-refractivity contribution in [3.8, 4) is 0 Å². The van der Waals surface area contributed by atoms with E-state index in [1.807, 2.05) is 24.3 Å². The smallest absolute Gasteiger partial charge is 0.235 e. The Labute approximate surface area is 137 Å². The molecule has 3 rings (SSSR count). The predicted molar refractivity (Wildman–Crippen MR) is 86.8 cm³/mol. The lowest BCUT2D eigenvalue weighted by Crippen LogP contribution is -2.11. The Kier molecular flexibility index (Phi) is 4.51. The molecule has 0 saturated carbocycles. The quantitative estimate of drug-likeness (QED) is 0.685. The molecule has 2 heterocycles. The number of benzene rings is 1. The number of carbonyl (C=O) groups is 1. The van der Waals surface area contributed by atoms with Crippen LogP contribution in [0.4, 0.5) is 5.69 Å². The molecule has 0 fully saturated rings. The van der Waals surface area contributed by atoms with Crippen LogP contribution >= 0.6 is 39.0 Å². The van der Waals surface area contributed by atoms with E-state index in [1.165, 1.54) is 11.3 Å². The summed E-state index contributed by atoms with van der Waals surface area (Å²) < 4.78 is 3.50. The van der Waals surface area contributed by atoms with E-state index in [0.29, 0.717) is 12.2 Å². The Bertz CT molecular complexity index is 726. The first-order valence-corrected chi connectivity index (χ1v) is 8.65. The summed E-state index contributed by atoms with van der Waals surface area (Å²) in [6.07, 6.45) is 2.00. The van der Waals surface area contributed by atoms with Gasteiger partial charge in [-0.2, -0.15) is 4.52 Å². The van der Waals surface area contributed by atoms with Crippen LogP contribution < -0.4 is 5.32 Å². The summed E-state index contributed by atoms with van der Waals surface area (Å²) >= 11 is 6.37. The molecule has 0 aliphatic rings. The molecule has 0 saturated heterocycles. The van der Waals surface area contributed by atoms with Gasteiger partial charge in [-0.05, 0) is 24.3 Å². The second kappa shape index (κ2) is 6.54. The average Bonchev–Trinajstić information content (AvgIpc) is 3.02. The van der Waals surface area contributed by atoms with Crippen LogP contribution in [0.2, 0.25) is 0 Å². The summed E-state index contributed by atoms with van der Waals surface area (Å²) in [7, 11) is 0. The molecule has 0 atom stereocenters. The van der Waals surface area contributed by atoms with E-state index >= 15 is 0 Å². The van der Waals surface area contributed by atoms with Crippen molar-refractivity contribution in [3.63, 3.8) is 0 Å². The summed E-state index contributed by atoms with van der Waals surface area (Å²) in [5.41, 5.74) is 0.798. The molecule has 6 nitrogen and oxygen atoms in total. The molecule has 0 aliphatic carbocycles. The summed E-state index contributed by atoms with van der Waals surface area (Å²) in [5.74, 6) is 0.666. The Morgan fingerprint density at radius 3 is 2.95 bits per heavy atom. The molecule has 0 radical (unpaired) electrons. The van der Waals surface area contributed by atoms with Crippen molar-refractivity contribution in [2.24, 2.45) is 0 Å². The van der Waals surface area contributed by atoms with E-state index in [2.05, 4.69) is 36.5 Å². The standard InChI is InChI=1S/C12H10BrN5OS2/c13-8-1-3-9(4-2-8)15-10(19)5-6-20-12-17-18-7-14-16-11(18)21-12/h1-4,7H,5-6H2,(H,15,19). The van der Waals surface area contributed by atoms with E-state index in [0.717, 1.165) is 19.5 Å². The first-order chi connectivity index (χ1) is 10.2. The number of rotatable bonds is 5. The molecule has 0 aliphatic heterocycles. The van der Waals surface area contributed by atoms with Gasteiger partial charge in [0.15, 0.2) is 4.34 Å². The van der Waals surface area contributed by atoms with Gasteiger partial charge in [0, 0.05) is 22.3 Å². The fraction of sp³-hybridized carbons (Fsp3) is 0.167. The molecular formula is C12H10BrN5OS2. The topological polar surface area (TPSA) is 72.2 Å². The van der Waals surface area contributed by atoms with Gasteiger partial charge in [0.2, 0.25) is 10.9 Å². The highest BCUT2D eigenvalue weighted by Gasteiger charge is 2.07. The number of nitrogens with one attached hydrogen (secondary N) is 1. The van der Waals surface area contributed by atoms with Crippen LogP contribution in [0.1, 0.15) is 6.42 Å². The zero-order valence-corrected chi connectivity index (χ0v) is 13.9. The fourth-order valence-electron chi connectivity index (χ4n) is 1.59. The molecule has 1 N–H and O–H groups in total. The molecule has 3 aromatic rings. The normalized spacial score (nSPS) is 10.9. The van der Waals surface area contributed by atoms with Crippen molar-refractivity contribution in [1.29, 1.82) is 0 Å². The zero-order chi connectivity index (χ0) is 14.7. The summed E-state index contributed by atoms with van der Waals surface area (Å²) in [6, 6.07) is 7.50. The molecule has 0 spiro atoms. The maximum atomic E-state index is 11.8. The van der Waals surface area contributed by atoms with Crippen molar-refractivity contribution in [2.75, 3.05) is 11.1 Å². The molecule has 1 aromatic carbocycles. The summed E-state index contributed by atoms with van der Waals surface area (Å²) in [6.45, 7) is 0. The van der Waals surface area contributed by atoms with E-state index in [-0.39, 0.29) is 5.91 Å². The minimum absolute atomic E-state index is 0.00665. The molecule has 9 heteroatoms. The Morgan fingerprint density at radius 2 is 2.19 bits per heavy atom. The molecule has 2 aromatic heterocycles. The lowest BCUT2D eigenvalue weighted by atomic mass is 10.3. The van der Waals surface area contributed by atoms with Crippen LogP contribution in [0.15, 0.2) is 39.4 Å². The third-order valence-electron chi connectivity index (χ3n) is 2.55. The van der Waals surface area contributed by atoms with Crippen molar-refractivity contribution < 1.29 is 4.79 Å². The van der Waals surface area contributed by atoms with Crippen LogP contribution in [0.5, 0.6) is 0 Å². The van der Waals surface area contributed by atoms with Crippen LogP contribution in [0.25, 0.3) is 4.96 Å². The van der Waals surface area contributed by atoms with Gasteiger partial charge in [-0.1, -0.05) is 39.0 Å². The minimum atomic E-state index is -0.00665. The number of aromatic nitrogens is 4. The minimum Gasteiger partial charge on any atom is -0.326 e. The largest absolute Gasteiger partial charge is 0.326 e. The van der Waals surface area contributed by atoms with E-state index in [1.54, 1.807) is 22.6 Å². The molecule has 1 amide bonds. The summed E-state index contributed by atoms with van der Waals surface area (Å²) in [5, 5.41) is 14.8. The maximum absolute atomic E-state index is 11.8. The van der Waals surface area contributed by atoms with E-state index < -0.39 is 0 Å². The van der Waals surface area contributed by atoms with Crippen LogP contribution in [-0.4, -0.2) is 31.5 Å². The lowest BCUT2D eigenvalue weighted by molar-refractivity contribution is -0.115. The van der Waals surface area contributed by atoms with Gasteiger partial charge in [-0.25, -0.2) is 0 Å². The van der Waals surface area contributed by atoms with Gasteiger partial charge in [-0.3, -0.25) is 4.79 Å². The highest BCUT2D eigenvalue weighted by Crippen LogP contribution is 2.24. The Balaban J connectivity index is 1.47. The molecule has 21 heavy (non-hydrogen) atoms. The van der Waals surface area contributed by atoms with Crippen LogP contribution in [0.3, 0.4) is 0 Å². The van der Waals surface area contributed by atoms with E-state index in [4.69, 9.17) is 0 Å². The first kappa shape index (κ1) is 14.5. The van der Waals surface area contributed by atoms with Crippen molar-refractivity contribution >= 4 is 55.6 Å². The first-order valence-electron chi connectivity index (χ1n) is 6.06. The predicted octanol–water partition coefficient (Wildman–Crippen LogP) is 3.07. The second-order valence-electron chi connectivity index (χ2n) is 4.08. The van der Waals surface area contributed by atoms with Gasteiger partial charge in [-0.15, -0.1) is 15.3 Å². The number of thioether (sulfide) groups is 1. The number of hydrogen-bond acceptors (Lipinski definition) is 6. The number of amides is 1. The number of fused-ring (bicyclic) bond motifs is 1. The third kappa shape index (κ3) is 3.80. The number of nitrogens with zero attached hydrogens (tertiary/aromatic N) is 4.